The summed E-state index contributed by atoms with van der Waals surface area (Å²) in [6.07, 6.45) is 1.87. The van der Waals surface area contributed by atoms with Crippen molar-refractivity contribution in [3.63, 3.8) is 0 Å². The van der Waals surface area contributed by atoms with Gasteiger partial charge in [-0.3, -0.25) is 0 Å². The molecule has 0 spiro atoms. The van der Waals surface area contributed by atoms with Gasteiger partial charge in [-0.15, -0.1) is 0 Å². The fourth-order valence-corrected chi connectivity index (χ4v) is 3.52. The van der Waals surface area contributed by atoms with E-state index in [9.17, 15) is 13.2 Å². The van der Waals surface area contributed by atoms with Gasteiger partial charge in [-0.25, -0.2) is 17.9 Å². The van der Waals surface area contributed by atoms with Crippen molar-refractivity contribution in [1.29, 1.82) is 0 Å². The molecule has 1 fully saturated rings. The van der Waals surface area contributed by atoms with Crippen LogP contribution in [0.4, 0.5) is 0 Å². The van der Waals surface area contributed by atoms with Crippen LogP contribution in [0.25, 0.3) is 0 Å². The maximum absolute atomic E-state index is 12.2. The fraction of sp³-hybridized carbons (Fsp3) is 0.545. The van der Waals surface area contributed by atoms with Gasteiger partial charge in [-0.05, 0) is 19.4 Å². The second-order valence-electron chi connectivity index (χ2n) is 4.95. The van der Waals surface area contributed by atoms with Gasteiger partial charge < -0.3 is 14.4 Å². The summed E-state index contributed by atoms with van der Waals surface area (Å²) in [6, 6.07) is 1.14. The zero-order valence-corrected chi connectivity index (χ0v) is 11.5. The summed E-state index contributed by atoms with van der Waals surface area (Å²) in [4.78, 5) is 10.9. The first kappa shape index (κ1) is 14.0. The summed E-state index contributed by atoms with van der Waals surface area (Å²) in [7, 11) is -2.26. The molecule has 1 aromatic heterocycles. The molecule has 0 saturated carbocycles. The molecule has 2 heterocycles. The second kappa shape index (κ2) is 4.62. The lowest BCUT2D eigenvalue weighted by Crippen LogP contribution is -2.46. The van der Waals surface area contributed by atoms with Crippen LogP contribution in [0, 0.1) is 0 Å². The van der Waals surface area contributed by atoms with Crippen LogP contribution in [0.1, 0.15) is 23.8 Å². The zero-order valence-electron chi connectivity index (χ0n) is 10.7. The smallest absolute Gasteiger partial charge is 0.352 e. The molecule has 2 rings (SSSR count). The maximum atomic E-state index is 12.2. The lowest BCUT2D eigenvalue weighted by Gasteiger charge is -2.22. The molecule has 1 aliphatic rings. The number of hydrogen-bond acceptors (Lipinski definition) is 4. The number of carboxylic acid groups (broad SMARTS) is 1. The van der Waals surface area contributed by atoms with Crippen LogP contribution in [-0.4, -0.2) is 42.8 Å². The van der Waals surface area contributed by atoms with Crippen molar-refractivity contribution in [3.8, 4) is 0 Å². The van der Waals surface area contributed by atoms with E-state index in [1.165, 1.54) is 17.8 Å². The highest BCUT2D eigenvalue weighted by molar-refractivity contribution is 7.89. The van der Waals surface area contributed by atoms with Crippen molar-refractivity contribution in [2.75, 3.05) is 13.2 Å². The molecule has 0 radical (unpaired) electrons. The van der Waals surface area contributed by atoms with Crippen LogP contribution in [-0.2, 0) is 21.8 Å². The minimum atomic E-state index is -3.75. The van der Waals surface area contributed by atoms with Crippen LogP contribution in [0.3, 0.4) is 0 Å². The van der Waals surface area contributed by atoms with Crippen molar-refractivity contribution in [2.45, 2.75) is 23.8 Å². The number of nitrogens with one attached hydrogen (secondary N) is 1. The minimum Gasteiger partial charge on any atom is -0.477 e. The fourth-order valence-electron chi connectivity index (χ4n) is 2.02. The first-order chi connectivity index (χ1) is 8.73. The molecule has 1 unspecified atom stereocenters. The van der Waals surface area contributed by atoms with Gasteiger partial charge in [0.15, 0.2) is 0 Å². The number of sulfonamides is 1. The Kier molecular flexibility index (Phi) is 3.41. The van der Waals surface area contributed by atoms with Crippen LogP contribution in [0.5, 0.6) is 0 Å². The van der Waals surface area contributed by atoms with E-state index in [2.05, 4.69) is 4.72 Å². The molecule has 2 N–H and O–H groups in total. The third kappa shape index (κ3) is 2.80. The van der Waals surface area contributed by atoms with Crippen LogP contribution < -0.4 is 4.72 Å². The molecule has 0 aromatic carbocycles. The summed E-state index contributed by atoms with van der Waals surface area (Å²) < 4.78 is 33.4. The number of aromatic carboxylic acids is 1. The molecule has 7 nitrogen and oxygen atoms in total. The molecule has 1 aromatic rings. The summed E-state index contributed by atoms with van der Waals surface area (Å²) in [5.74, 6) is -1.17. The predicted octanol–water partition coefficient (Wildman–Crippen LogP) is 0.181. The topological polar surface area (TPSA) is 97.6 Å². The molecule has 106 valence electrons. The number of nitrogens with zero attached hydrogens (tertiary/aromatic N) is 1. The molecular weight excluding hydrogens is 272 g/mol. The number of aryl methyl sites for hydroxylation is 1. The van der Waals surface area contributed by atoms with Crippen LogP contribution in [0.2, 0.25) is 0 Å². The lowest BCUT2D eigenvalue weighted by atomic mass is 10.0. The van der Waals surface area contributed by atoms with E-state index in [0.29, 0.717) is 19.6 Å². The normalized spacial score (nSPS) is 23.7. The molecule has 0 aliphatic carbocycles. The van der Waals surface area contributed by atoms with E-state index >= 15 is 0 Å². The monoisotopic (exact) mass is 288 g/mol. The third-order valence-electron chi connectivity index (χ3n) is 3.11. The Bertz CT molecular complexity index is 599. The number of carbonyl (C=O) groups is 1. The summed E-state index contributed by atoms with van der Waals surface area (Å²) >= 11 is 0. The Labute approximate surface area is 111 Å². The molecule has 19 heavy (non-hydrogen) atoms. The van der Waals surface area contributed by atoms with Gasteiger partial charge in [0.1, 0.15) is 10.6 Å². The Morgan fingerprint density at radius 3 is 2.74 bits per heavy atom. The predicted molar refractivity (Wildman–Crippen MR) is 66.5 cm³/mol. The molecule has 0 bridgehead atoms. The highest BCUT2D eigenvalue weighted by Gasteiger charge is 2.35. The molecule has 8 heteroatoms. The molecule has 0 amide bonds. The first-order valence-corrected chi connectivity index (χ1v) is 7.23. The van der Waals surface area contributed by atoms with E-state index < -0.39 is 21.5 Å². The second-order valence-corrected chi connectivity index (χ2v) is 6.63. The summed E-state index contributed by atoms with van der Waals surface area (Å²) in [6.45, 7) is 2.58. The third-order valence-corrected chi connectivity index (χ3v) is 4.71. The molecular formula is C11H16N2O5S. The first-order valence-electron chi connectivity index (χ1n) is 5.75. The quantitative estimate of drug-likeness (QED) is 0.823. The van der Waals surface area contributed by atoms with Gasteiger partial charge in [-0.2, -0.15) is 0 Å². The Hall–Kier alpha value is -1.38. The van der Waals surface area contributed by atoms with E-state index in [-0.39, 0.29) is 10.6 Å². The number of hydrogen-bond donors (Lipinski definition) is 2. The van der Waals surface area contributed by atoms with Gasteiger partial charge in [-0.1, -0.05) is 0 Å². The van der Waals surface area contributed by atoms with Crippen molar-refractivity contribution < 1.29 is 23.1 Å². The maximum Gasteiger partial charge on any atom is 0.352 e. The Morgan fingerprint density at radius 2 is 2.26 bits per heavy atom. The number of carboxylic acids is 1. The van der Waals surface area contributed by atoms with Crippen molar-refractivity contribution in [2.24, 2.45) is 7.05 Å². The summed E-state index contributed by atoms with van der Waals surface area (Å²) in [5.41, 5.74) is -0.717. The number of ether oxygens (including phenoxy) is 1. The van der Waals surface area contributed by atoms with Crippen molar-refractivity contribution >= 4 is 16.0 Å². The van der Waals surface area contributed by atoms with Gasteiger partial charge >= 0.3 is 5.97 Å². The number of aromatic nitrogens is 1. The van der Waals surface area contributed by atoms with Crippen LogP contribution in [0.15, 0.2) is 17.2 Å². The van der Waals surface area contributed by atoms with E-state index in [1.54, 1.807) is 6.92 Å². The van der Waals surface area contributed by atoms with E-state index in [1.807, 2.05) is 0 Å². The standard InChI is InChI=1S/C11H16N2O5S/c1-11(3-4-18-7-11)12-19(16,17)8-5-9(10(14)15)13(2)6-8/h5-6,12H,3-4,7H2,1-2H3,(H,14,15). The van der Waals surface area contributed by atoms with E-state index in [0.717, 1.165) is 6.07 Å². The van der Waals surface area contributed by atoms with Crippen LogP contribution >= 0.6 is 0 Å². The lowest BCUT2D eigenvalue weighted by molar-refractivity contribution is 0.0686. The highest BCUT2D eigenvalue weighted by atomic mass is 32.2. The van der Waals surface area contributed by atoms with Gasteiger partial charge in [0, 0.05) is 19.9 Å². The number of rotatable bonds is 4. The zero-order chi connectivity index (χ0) is 14.3. The van der Waals surface area contributed by atoms with Gasteiger partial charge in [0.25, 0.3) is 0 Å². The largest absolute Gasteiger partial charge is 0.477 e. The van der Waals surface area contributed by atoms with Gasteiger partial charge in [0.2, 0.25) is 10.0 Å². The van der Waals surface area contributed by atoms with Crippen molar-refractivity contribution in [1.82, 2.24) is 9.29 Å². The van der Waals surface area contributed by atoms with E-state index in [4.69, 9.17) is 9.84 Å². The minimum absolute atomic E-state index is 0.0551. The Morgan fingerprint density at radius 1 is 1.58 bits per heavy atom. The molecule has 1 atom stereocenters. The average molecular weight is 288 g/mol. The molecule has 1 aliphatic heterocycles. The molecule has 1 saturated heterocycles. The van der Waals surface area contributed by atoms with Gasteiger partial charge in [0.05, 0.1) is 12.1 Å². The SMILES string of the molecule is Cn1cc(S(=O)(=O)NC2(C)CCOC2)cc1C(=O)O. The summed E-state index contributed by atoms with van der Waals surface area (Å²) in [5, 5.41) is 8.92. The average Bonchev–Trinajstić information content (AvgIpc) is 2.84. The highest BCUT2D eigenvalue weighted by Crippen LogP contribution is 2.22. The Balaban J connectivity index is 2.29. The van der Waals surface area contributed by atoms with Crippen molar-refractivity contribution in [3.05, 3.63) is 18.0 Å².